The Labute approximate surface area is 109 Å². The number of carbonyl (C=O) groups excluding carboxylic acids is 1. The van der Waals surface area contributed by atoms with Crippen molar-refractivity contribution in [2.24, 2.45) is 5.41 Å². The molecule has 0 saturated carbocycles. The molecule has 0 unspecified atom stereocenters. The van der Waals surface area contributed by atoms with Gasteiger partial charge in [0.2, 0.25) is 5.91 Å². The number of unbranched alkanes of at least 4 members (excludes halogenated alkanes) is 1. The van der Waals surface area contributed by atoms with E-state index in [1.54, 1.807) is 27.7 Å². The van der Waals surface area contributed by atoms with Crippen LogP contribution in [0.25, 0.3) is 0 Å². The lowest BCUT2D eigenvalue weighted by molar-refractivity contribution is -0.151. The van der Waals surface area contributed by atoms with Gasteiger partial charge in [-0.2, -0.15) is 0 Å². The number of rotatable bonds is 8. The lowest BCUT2D eigenvalue weighted by Crippen LogP contribution is -2.57. The van der Waals surface area contributed by atoms with E-state index in [1.165, 1.54) is 0 Å². The third kappa shape index (κ3) is 4.64. The predicted octanol–water partition coefficient (Wildman–Crippen LogP) is 1.38. The molecule has 1 amide bonds. The normalized spacial score (nSPS) is 12.3. The third-order valence-electron chi connectivity index (χ3n) is 3.64. The molecule has 0 rings (SSSR count). The summed E-state index contributed by atoms with van der Waals surface area (Å²) in [4.78, 5) is 22.7. The zero-order valence-corrected chi connectivity index (χ0v) is 12.1. The first-order valence-electron chi connectivity index (χ1n) is 6.40. The van der Waals surface area contributed by atoms with Crippen molar-refractivity contribution in [2.75, 3.05) is 13.1 Å². The van der Waals surface area contributed by atoms with E-state index in [0.29, 0.717) is 6.54 Å². The van der Waals surface area contributed by atoms with Gasteiger partial charge in [-0.3, -0.25) is 9.59 Å². The van der Waals surface area contributed by atoms with Crippen LogP contribution in [0.2, 0.25) is 0 Å². The van der Waals surface area contributed by atoms with Gasteiger partial charge in [0.25, 0.3) is 0 Å². The van der Waals surface area contributed by atoms with Crippen LogP contribution < -0.4 is 10.6 Å². The van der Waals surface area contributed by atoms with Crippen molar-refractivity contribution >= 4 is 11.9 Å². The molecular weight excluding hydrogens is 232 g/mol. The van der Waals surface area contributed by atoms with Crippen molar-refractivity contribution in [3.8, 4) is 0 Å². The van der Waals surface area contributed by atoms with Crippen molar-refractivity contribution in [3.05, 3.63) is 0 Å². The minimum atomic E-state index is -0.948. The number of nitrogens with one attached hydrogen (secondary N) is 2. The van der Waals surface area contributed by atoms with Gasteiger partial charge in [0.1, 0.15) is 0 Å². The second-order valence-corrected chi connectivity index (χ2v) is 5.61. The molecule has 0 spiro atoms. The van der Waals surface area contributed by atoms with Gasteiger partial charge >= 0.3 is 5.97 Å². The molecule has 18 heavy (non-hydrogen) atoms. The third-order valence-corrected chi connectivity index (χ3v) is 3.64. The van der Waals surface area contributed by atoms with Gasteiger partial charge in [0.05, 0.1) is 12.0 Å². The average Bonchev–Trinajstić information content (AvgIpc) is 2.26. The van der Waals surface area contributed by atoms with Crippen LogP contribution in [0, 0.1) is 5.41 Å². The summed E-state index contributed by atoms with van der Waals surface area (Å²) in [6, 6.07) is 0. The van der Waals surface area contributed by atoms with Crippen molar-refractivity contribution in [2.45, 2.75) is 53.0 Å². The van der Waals surface area contributed by atoms with Crippen LogP contribution in [0.15, 0.2) is 0 Å². The molecule has 3 N–H and O–H groups in total. The molecule has 0 heterocycles. The van der Waals surface area contributed by atoms with E-state index < -0.39 is 16.9 Å². The smallest absolute Gasteiger partial charge is 0.310 e. The topological polar surface area (TPSA) is 78.4 Å². The molecule has 0 aromatic carbocycles. The van der Waals surface area contributed by atoms with E-state index in [4.69, 9.17) is 0 Å². The summed E-state index contributed by atoms with van der Waals surface area (Å²) < 4.78 is 0. The number of carboxylic acids is 1. The lowest BCUT2D eigenvalue weighted by Gasteiger charge is -2.38. The minimum absolute atomic E-state index is 0.0993. The minimum Gasteiger partial charge on any atom is -0.481 e. The fourth-order valence-electron chi connectivity index (χ4n) is 1.26. The van der Waals surface area contributed by atoms with Crippen LogP contribution in [0.3, 0.4) is 0 Å². The van der Waals surface area contributed by atoms with Crippen molar-refractivity contribution < 1.29 is 14.7 Å². The highest BCUT2D eigenvalue weighted by atomic mass is 16.4. The quantitative estimate of drug-likeness (QED) is 0.575. The largest absolute Gasteiger partial charge is 0.481 e. The highest BCUT2D eigenvalue weighted by molar-refractivity contribution is 5.79. The highest BCUT2D eigenvalue weighted by Crippen LogP contribution is 2.30. The molecule has 0 atom stereocenters. The van der Waals surface area contributed by atoms with Gasteiger partial charge in [0.15, 0.2) is 0 Å². The van der Waals surface area contributed by atoms with E-state index in [9.17, 15) is 14.7 Å². The van der Waals surface area contributed by atoms with E-state index in [-0.39, 0.29) is 12.5 Å². The number of carboxylic acid groups (broad SMARTS) is 1. The Bertz CT molecular complexity index is 299. The second-order valence-electron chi connectivity index (χ2n) is 5.61. The Morgan fingerprint density at radius 1 is 1.17 bits per heavy atom. The van der Waals surface area contributed by atoms with Gasteiger partial charge in [-0.05, 0) is 34.1 Å². The van der Waals surface area contributed by atoms with Gasteiger partial charge in [0, 0.05) is 12.1 Å². The maximum absolute atomic E-state index is 11.5. The summed E-state index contributed by atoms with van der Waals surface area (Å²) in [5, 5.41) is 15.0. The van der Waals surface area contributed by atoms with Gasteiger partial charge in [-0.25, -0.2) is 0 Å². The van der Waals surface area contributed by atoms with Crippen LogP contribution in [0.5, 0.6) is 0 Å². The number of hydrogen-bond donors (Lipinski definition) is 3. The molecule has 106 valence electrons. The maximum atomic E-state index is 11.5. The average molecular weight is 258 g/mol. The van der Waals surface area contributed by atoms with E-state index in [0.717, 1.165) is 12.8 Å². The Morgan fingerprint density at radius 2 is 1.72 bits per heavy atom. The number of aliphatic carboxylic acids is 1. The second kappa shape index (κ2) is 6.73. The zero-order valence-electron chi connectivity index (χ0n) is 12.1. The van der Waals surface area contributed by atoms with E-state index in [1.807, 2.05) is 0 Å². The highest BCUT2D eigenvalue weighted by Gasteiger charge is 2.43. The molecule has 5 heteroatoms. The van der Waals surface area contributed by atoms with E-state index >= 15 is 0 Å². The molecule has 0 aliphatic carbocycles. The summed E-state index contributed by atoms with van der Waals surface area (Å²) in [6.07, 6.45) is 1.99. The molecule has 0 aliphatic heterocycles. The van der Waals surface area contributed by atoms with Crippen molar-refractivity contribution in [1.82, 2.24) is 10.6 Å². The molecule has 0 radical (unpaired) electrons. The molecule has 0 aromatic rings. The Hall–Kier alpha value is -1.10. The van der Waals surface area contributed by atoms with Crippen LogP contribution in [0.4, 0.5) is 0 Å². The number of amides is 1. The van der Waals surface area contributed by atoms with E-state index in [2.05, 4.69) is 17.6 Å². The van der Waals surface area contributed by atoms with Crippen LogP contribution in [0.1, 0.15) is 47.5 Å². The number of hydrogen-bond acceptors (Lipinski definition) is 3. The summed E-state index contributed by atoms with van der Waals surface area (Å²) in [5.41, 5.74) is -1.61. The van der Waals surface area contributed by atoms with Crippen molar-refractivity contribution in [3.63, 3.8) is 0 Å². The first kappa shape index (κ1) is 16.9. The van der Waals surface area contributed by atoms with Crippen LogP contribution >= 0.6 is 0 Å². The first-order chi connectivity index (χ1) is 8.15. The fourth-order valence-corrected chi connectivity index (χ4v) is 1.26. The maximum Gasteiger partial charge on any atom is 0.310 e. The summed E-state index contributed by atoms with van der Waals surface area (Å²) >= 11 is 0. The Balaban J connectivity index is 4.27. The lowest BCUT2D eigenvalue weighted by atomic mass is 9.74. The predicted molar refractivity (Wildman–Crippen MR) is 71.4 cm³/mol. The summed E-state index contributed by atoms with van der Waals surface area (Å²) in [7, 11) is 0. The summed E-state index contributed by atoms with van der Waals surface area (Å²) in [5.74, 6) is -0.982. The van der Waals surface area contributed by atoms with Crippen LogP contribution in [-0.2, 0) is 9.59 Å². The number of carbonyl (C=O) groups is 2. The molecule has 0 bridgehead atoms. The SMILES string of the molecule is CCCCNC(=O)CNC(C)(C)C(C)(C)C(=O)O. The Morgan fingerprint density at radius 3 is 2.17 bits per heavy atom. The molecular formula is C13H26N2O3. The molecule has 0 saturated heterocycles. The summed E-state index contributed by atoms with van der Waals surface area (Å²) in [6.45, 7) is 9.74. The zero-order chi connectivity index (χ0) is 14.4. The van der Waals surface area contributed by atoms with Gasteiger partial charge in [-0.1, -0.05) is 13.3 Å². The van der Waals surface area contributed by atoms with Gasteiger partial charge < -0.3 is 15.7 Å². The fraction of sp³-hybridized carbons (Fsp3) is 0.846. The van der Waals surface area contributed by atoms with Crippen molar-refractivity contribution in [1.29, 1.82) is 0 Å². The monoisotopic (exact) mass is 258 g/mol. The Kier molecular flexibility index (Phi) is 6.32. The molecule has 0 aromatic heterocycles. The van der Waals surface area contributed by atoms with Crippen LogP contribution in [-0.4, -0.2) is 35.6 Å². The molecule has 0 aliphatic rings. The first-order valence-corrected chi connectivity index (χ1v) is 6.40. The molecule has 0 fully saturated rings. The molecule has 5 nitrogen and oxygen atoms in total. The standard InChI is InChI=1S/C13H26N2O3/c1-6-7-8-14-10(16)9-15-13(4,5)12(2,3)11(17)18/h15H,6-9H2,1-5H3,(H,14,16)(H,17,18). The van der Waals surface area contributed by atoms with Gasteiger partial charge in [-0.15, -0.1) is 0 Å².